The van der Waals surface area contributed by atoms with Gasteiger partial charge in [0.05, 0.1) is 0 Å². The van der Waals surface area contributed by atoms with E-state index in [0.717, 1.165) is 37.4 Å². The van der Waals surface area contributed by atoms with E-state index in [0.29, 0.717) is 32.0 Å². The molecule has 10 heteroatoms. The van der Waals surface area contributed by atoms with Gasteiger partial charge in [0.15, 0.2) is 0 Å². The van der Waals surface area contributed by atoms with Crippen LogP contribution in [0.2, 0.25) is 0 Å². The number of amides is 1. The molecule has 2 aromatic heterocycles. The first-order valence-electron chi connectivity index (χ1n) is 10.6. The Morgan fingerprint density at radius 3 is 2.35 bits per heavy atom. The van der Waals surface area contributed by atoms with E-state index in [1.165, 1.54) is 21.2 Å². The zero-order valence-corrected chi connectivity index (χ0v) is 17.2. The van der Waals surface area contributed by atoms with E-state index in [-0.39, 0.29) is 24.0 Å². The van der Waals surface area contributed by atoms with Crippen molar-refractivity contribution in [2.24, 2.45) is 0 Å². The topological polar surface area (TPSA) is 79.0 Å². The number of nitrogens with zero attached hydrogens (tertiary/aromatic N) is 7. The summed E-state index contributed by atoms with van der Waals surface area (Å²) in [6.45, 7) is 4.17. The van der Waals surface area contributed by atoms with E-state index in [2.05, 4.69) is 19.9 Å². The molecule has 0 unspecified atom stereocenters. The van der Waals surface area contributed by atoms with Gasteiger partial charge in [-0.25, -0.2) is 18.3 Å². The lowest BCUT2D eigenvalue weighted by Gasteiger charge is -2.36. The number of hydrogen-bond acceptors (Lipinski definition) is 6. The average Bonchev–Trinajstić information content (AvgIpc) is 3.43. The lowest BCUT2D eigenvalue weighted by Crippen LogP contribution is -2.50. The van der Waals surface area contributed by atoms with E-state index in [1.807, 2.05) is 6.07 Å². The summed E-state index contributed by atoms with van der Waals surface area (Å²) in [5.74, 6) is 0.704. The molecule has 2 saturated heterocycles. The largest absolute Gasteiger partial charge is 0.368 e. The summed E-state index contributed by atoms with van der Waals surface area (Å²) in [6, 6.07) is 8.18. The Morgan fingerprint density at radius 1 is 0.935 bits per heavy atom. The zero-order chi connectivity index (χ0) is 21.4. The van der Waals surface area contributed by atoms with Crippen LogP contribution >= 0.6 is 0 Å². The number of piperazine rings is 1. The first-order chi connectivity index (χ1) is 15.1. The van der Waals surface area contributed by atoms with Crippen LogP contribution in [0.3, 0.4) is 0 Å². The molecule has 0 N–H and O–H groups in total. The first-order valence-corrected chi connectivity index (χ1v) is 10.6. The molecule has 0 spiro atoms. The average molecular weight is 425 g/mol. The van der Waals surface area contributed by atoms with E-state index in [4.69, 9.17) is 0 Å². The highest BCUT2D eigenvalue weighted by Gasteiger charge is 2.23. The molecule has 1 aromatic carbocycles. The molecule has 5 rings (SSSR count). The summed E-state index contributed by atoms with van der Waals surface area (Å²) in [5, 5.41) is 4.29. The van der Waals surface area contributed by atoms with E-state index < -0.39 is 0 Å². The fourth-order valence-corrected chi connectivity index (χ4v) is 4.22. The second kappa shape index (κ2) is 8.01. The van der Waals surface area contributed by atoms with Crippen LogP contribution in [0.25, 0.3) is 5.78 Å². The predicted molar refractivity (Wildman–Crippen MR) is 114 cm³/mol. The summed E-state index contributed by atoms with van der Waals surface area (Å²) in [7, 11) is 0. The summed E-state index contributed by atoms with van der Waals surface area (Å²) in [5.41, 5.74) is 0.568. The summed E-state index contributed by atoms with van der Waals surface area (Å²) >= 11 is 0. The van der Waals surface area contributed by atoms with Gasteiger partial charge in [0.1, 0.15) is 18.2 Å². The van der Waals surface area contributed by atoms with Crippen LogP contribution in [-0.4, -0.2) is 69.2 Å². The maximum Gasteiger partial charge on any atom is 0.352 e. The van der Waals surface area contributed by atoms with Gasteiger partial charge in [-0.15, -0.1) is 5.10 Å². The van der Waals surface area contributed by atoms with Crippen molar-refractivity contribution < 1.29 is 9.18 Å². The van der Waals surface area contributed by atoms with Gasteiger partial charge in [-0.05, 0) is 43.2 Å². The van der Waals surface area contributed by atoms with Crippen LogP contribution in [0.1, 0.15) is 12.8 Å². The van der Waals surface area contributed by atoms with Crippen LogP contribution in [0.5, 0.6) is 0 Å². The molecular weight excluding hydrogens is 401 g/mol. The van der Waals surface area contributed by atoms with Gasteiger partial charge >= 0.3 is 5.69 Å². The van der Waals surface area contributed by atoms with Gasteiger partial charge in [-0.1, -0.05) is 0 Å². The summed E-state index contributed by atoms with van der Waals surface area (Å²) in [6.07, 6.45) is 3.95. The summed E-state index contributed by atoms with van der Waals surface area (Å²) < 4.78 is 15.7. The minimum atomic E-state index is -0.367. The highest BCUT2D eigenvalue weighted by Crippen LogP contribution is 2.18. The number of carbonyl (C=O) groups excluding carboxylic acids is 1. The zero-order valence-electron chi connectivity index (χ0n) is 17.2. The standard InChI is InChI=1S/C21H24FN7O2/c22-16-3-5-17(6-4-16)25-11-13-27(14-12-25)19(30)15-29-21(31)28-10-7-18(23-20(28)24-29)26-8-1-2-9-26/h3-7,10H,1-2,8-9,11-15H2. The number of halogens is 1. The van der Waals surface area contributed by atoms with Crippen molar-refractivity contribution in [3.63, 3.8) is 0 Å². The van der Waals surface area contributed by atoms with Gasteiger partial charge < -0.3 is 14.7 Å². The van der Waals surface area contributed by atoms with Crippen LogP contribution in [-0.2, 0) is 11.3 Å². The van der Waals surface area contributed by atoms with Crippen molar-refractivity contribution in [2.45, 2.75) is 19.4 Å². The van der Waals surface area contributed by atoms with Crippen molar-refractivity contribution in [2.75, 3.05) is 49.1 Å². The number of hydrogen-bond donors (Lipinski definition) is 0. The normalized spacial score (nSPS) is 17.0. The number of benzene rings is 1. The molecule has 2 aliphatic rings. The van der Waals surface area contributed by atoms with E-state index in [9.17, 15) is 14.0 Å². The van der Waals surface area contributed by atoms with E-state index in [1.54, 1.807) is 23.2 Å². The third kappa shape index (κ3) is 3.85. The Labute approximate surface area is 178 Å². The number of rotatable bonds is 4. The Hall–Kier alpha value is -3.43. The molecular formula is C21H24FN7O2. The van der Waals surface area contributed by atoms with Crippen LogP contribution in [0.15, 0.2) is 41.3 Å². The molecule has 0 radical (unpaired) electrons. The van der Waals surface area contributed by atoms with Crippen molar-refractivity contribution >= 4 is 23.2 Å². The molecule has 0 saturated carbocycles. The highest BCUT2D eigenvalue weighted by molar-refractivity contribution is 5.76. The SMILES string of the molecule is O=C(Cn1nc2nc(N3CCCC3)ccn2c1=O)N1CCN(c2ccc(F)cc2)CC1. The second-order valence-corrected chi connectivity index (χ2v) is 7.93. The molecule has 2 fully saturated rings. The minimum absolute atomic E-state index is 0.113. The van der Waals surface area contributed by atoms with Gasteiger partial charge in [0.2, 0.25) is 5.91 Å². The quantitative estimate of drug-likeness (QED) is 0.620. The number of carbonyl (C=O) groups is 1. The van der Waals surface area contributed by atoms with Gasteiger partial charge in [0, 0.05) is 51.2 Å². The molecule has 31 heavy (non-hydrogen) atoms. The Kier molecular flexibility index (Phi) is 5.05. The Balaban J connectivity index is 1.25. The minimum Gasteiger partial charge on any atom is -0.368 e. The molecule has 162 valence electrons. The smallest absolute Gasteiger partial charge is 0.352 e. The lowest BCUT2D eigenvalue weighted by atomic mass is 10.2. The fraction of sp³-hybridized carbons (Fsp3) is 0.429. The number of fused-ring (bicyclic) bond motifs is 1. The van der Waals surface area contributed by atoms with Crippen molar-refractivity contribution in [1.29, 1.82) is 0 Å². The second-order valence-electron chi connectivity index (χ2n) is 7.93. The molecule has 9 nitrogen and oxygen atoms in total. The van der Waals surface area contributed by atoms with Crippen LogP contribution in [0, 0.1) is 5.82 Å². The first kappa shape index (κ1) is 19.5. The monoisotopic (exact) mass is 425 g/mol. The maximum absolute atomic E-state index is 13.1. The molecule has 3 aromatic rings. The molecule has 1 amide bonds. The predicted octanol–water partition coefficient (Wildman–Crippen LogP) is 0.979. The van der Waals surface area contributed by atoms with Crippen molar-refractivity contribution in [1.82, 2.24) is 24.1 Å². The van der Waals surface area contributed by atoms with Crippen LogP contribution < -0.4 is 15.5 Å². The van der Waals surface area contributed by atoms with Crippen molar-refractivity contribution in [3.8, 4) is 0 Å². The molecule has 4 heterocycles. The third-order valence-corrected chi connectivity index (χ3v) is 5.98. The lowest BCUT2D eigenvalue weighted by molar-refractivity contribution is -0.132. The Bertz CT molecular complexity index is 1140. The maximum atomic E-state index is 13.1. The van der Waals surface area contributed by atoms with Gasteiger partial charge in [-0.2, -0.15) is 4.98 Å². The number of anilines is 2. The summed E-state index contributed by atoms with van der Waals surface area (Å²) in [4.78, 5) is 36.0. The highest BCUT2D eigenvalue weighted by atomic mass is 19.1. The van der Waals surface area contributed by atoms with Gasteiger partial charge in [0.25, 0.3) is 5.78 Å². The molecule has 0 aliphatic carbocycles. The molecule has 0 bridgehead atoms. The van der Waals surface area contributed by atoms with Crippen molar-refractivity contribution in [3.05, 3.63) is 52.8 Å². The molecule has 2 aliphatic heterocycles. The third-order valence-electron chi connectivity index (χ3n) is 5.98. The number of aromatic nitrogens is 4. The fourth-order valence-electron chi connectivity index (χ4n) is 4.22. The Morgan fingerprint density at radius 2 is 1.65 bits per heavy atom. The molecule has 0 atom stereocenters. The van der Waals surface area contributed by atoms with Gasteiger partial charge in [-0.3, -0.25) is 4.79 Å². The van der Waals surface area contributed by atoms with Crippen LogP contribution in [0.4, 0.5) is 15.9 Å². The van der Waals surface area contributed by atoms with E-state index >= 15 is 0 Å².